The van der Waals surface area contributed by atoms with Gasteiger partial charge in [-0.2, -0.15) is 0 Å². The Kier molecular flexibility index (Phi) is 4.09. The average molecular weight is 372 g/mol. The molecule has 6 nitrogen and oxygen atoms in total. The molecule has 0 aromatic carbocycles. The van der Waals surface area contributed by atoms with E-state index in [0.717, 1.165) is 51.3 Å². The topological polar surface area (TPSA) is 63.1 Å². The highest BCUT2D eigenvalue weighted by Gasteiger charge is 2.39. The third-order valence-electron chi connectivity index (χ3n) is 6.32. The van der Waals surface area contributed by atoms with Crippen LogP contribution in [0.15, 0.2) is 11.4 Å². The van der Waals surface area contributed by atoms with Crippen molar-refractivity contribution in [2.45, 2.75) is 51.7 Å². The quantitative estimate of drug-likeness (QED) is 0.895. The zero-order chi connectivity index (χ0) is 17.7. The van der Waals surface area contributed by atoms with Gasteiger partial charge >= 0.3 is 0 Å². The van der Waals surface area contributed by atoms with Gasteiger partial charge in [-0.05, 0) is 55.0 Å². The van der Waals surface area contributed by atoms with Crippen LogP contribution < -0.4 is 5.32 Å². The minimum Gasteiger partial charge on any atom is -0.347 e. The van der Waals surface area contributed by atoms with Gasteiger partial charge in [-0.15, -0.1) is 21.5 Å². The average Bonchev–Trinajstić information content (AvgIpc) is 3.27. The highest BCUT2D eigenvalue weighted by molar-refractivity contribution is 7.10. The summed E-state index contributed by atoms with van der Waals surface area (Å²) in [5, 5.41) is 13.8. The van der Waals surface area contributed by atoms with Crippen molar-refractivity contribution in [3.8, 4) is 0 Å². The number of aryl methyl sites for hydroxylation is 1. The fourth-order valence-electron chi connectivity index (χ4n) is 4.49. The summed E-state index contributed by atoms with van der Waals surface area (Å²) in [7, 11) is 0. The van der Waals surface area contributed by atoms with Gasteiger partial charge in [0.05, 0.1) is 0 Å². The Balaban J connectivity index is 1.28. The molecule has 4 heterocycles. The molecule has 1 N–H and O–H groups in total. The predicted octanol–water partition coefficient (Wildman–Crippen LogP) is 2.23. The molecule has 1 aliphatic carbocycles. The SMILES string of the molecule is Cc1ccsc1CN1CC2Cc3nnc(C(=O)NC4CCC4)n3CC2C1. The number of carbonyl (C=O) groups excluding carboxylic acids is 1. The molecule has 0 bridgehead atoms. The third kappa shape index (κ3) is 2.87. The summed E-state index contributed by atoms with van der Waals surface area (Å²) < 4.78 is 2.08. The molecule has 0 radical (unpaired) electrons. The molecule has 138 valence electrons. The van der Waals surface area contributed by atoms with Crippen LogP contribution in [0.4, 0.5) is 0 Å². The Bertz CT molecular complexity index is 824. The molecule has 2 fully saturated rings. The zero-order valence-corrected chi connectivity index (χ0v) is 16.0. The van der Waals surface area contributed by atoms with E-state index in [1.807, 2.05) is 11.3 Å². The number of hydrogen-bond acceptors (Lipinski definition) is 5. The fraction of sp³-hybridized carbons (Fsp3) is 0.632. The lowest BCUT2D eigenvalue weighted by Gasteiger charge is -2.28. The maximum Gasteiger partial charge on any atom is 0.289 e. The molecule has 1 amide bonds. The summed E-state index contributed by atoms with van der Waals surface area (Å²) in [6.45, 7) is 6.34. The van der Waals surface area contributed by atoms with Gasteiger partial charge in [0.15, 0.2) is 0 Å². The molecule has 3 aliphatic rings. The second-order valence-electron chi connectivity index (χ2n) is 8.10. The molecule has 26 heavy (non-hydrogen) atoms. The first-order valence-corrected chi connectivity index (χ1v) is 10.5. The van der Waals surface area contributed by atoms with Crippen molar-refractivity contribution < 1.29 is 4.79 Å². The van der Waals surface area contributed by atoms with Crippen molar-refractivity contribution in [2.24, 2.45) is 11.8 Å². The molecule has 2 aromatic rings. The lowest BCUT2D eigenvalue weighted by Crippen LogP contribution is -2.41. The van der Waals surface area contributed by atoms with Crippen molar-refractivity contribution in [1.29, 1.82) is 0 Å². The van der Waals surface area contributed by atoms with E-state index in [1.54, 1.807) is 0 Å². The number of likely N-dealkylation sites (tertiary alicyclic amines) is 1. The van der Waals surface area contributed by atoms with Gasteiger partial charge in [-0.3, -0.25) is 9.69 Å². The maximum absolute atomic E-state index is 12.5. The van der Waals surface area contributed by atoms with Gasteiger partial charge in [0.2, 0.25) is 5.82 Å². The predicted molar refractivity (Wildman–Crippen MR) is 100 cm³/mol. The van der Waals surface area contributed by atoms with Crippen molar-refractivity contribution in [1.82, 2.24) is 25.0 Å². The van der Waals surface area contributed by atoms with Gasteiger partial charge in [0.25, 0.3) is 5.91 Å². The normalized spacial score (nSPS) is 25.6. The van der Waals surface area contributed by atoms with Crippen LogP contribution in [0.1, 0.15) is 46.1 Å². The smallest absolute Gasteiger partial charge is 0.289 e. The Labute approximate surface area is 157 Å². The molecular weight excluding hydrogens is 346 g/mol. The molecule has 2 aliphatic heterocycles. The molecule has 1 saturated carbocycles. The molecular formula is C19H25N5OS. The third-order valence-corrected chi connectivity index (χ3v) is 7.33. The molecule has 2 unspecified atom stereocenters. The summed E-state index contributed by atoms with van der Waals surface area (Å²) in [5.41, 5.74) is 1.40. The van der Waals surface area contributed by atoms with E-state index in [-0.39, 0.29) is 5.91 Å². The number of fused-ring (bicyclic) bond motifs is 2. The van der Waals surface area contributed by atoms with Gasteiger partial charge in [0, 0.05) is 43.5 Å². The largest absolute Gasteiger partial charge is 0.347 e. The van der Waals surface area contributed by atoms with Crippen LogP contribution in [0.25, 0.3) is 0 Å². The van der Waals surface area contributed by atoms with E-state index >= 15 is 0 Å². The monoisotopic (exact) mass is 371 g/mol. The fourth-order valence-corrected chi connectivity index (χ4v) is 5.44. The molecule has 2 atom stereocenters. The maximum atomic E-state index is 12.5. The first-order valence-electron chi connectivity index (χ1n) is 9.65. The number of carbonyl (C=O) groups is 1. The number of amides is 1. The molecule has 0 spiro atoms. The van der Waals surface area contributed by atoms with E-state index in [1.165, 1.54) is 16.9 Å². The van der Waals surface area contributed by atoms with Crippen LogP contribution >= 0.6 is 11.3 Å². The minimum atomic E-state index is -0.0454. The van der Waals surface area contributed by atoms with Crippen molar-refractivity contribution in [2.75, 3.05) is 13.1 Å². The minimum absolute atomic E-state index is 0.0454. The number of hydrogen-bond donors (Lipinski definition) is 1. The Morgan fingerprint density at radius 3 is 2.85 bits per heavy atom. The van der Waals surface area contributed by atoms with E-state index < -0.39 is 0 Å². The summed E-state index contributed by atoms with van der Waals surface area (Å²) >= 11 is 1.86. The van der Waals surface area contributed by atoms with Gasteiger partial charge < -0.3 is 9.88 Å². The van der Waals surface area contributed by atoms with Crippen LogP contribution in [0.3, 0.4) is 0 Å². The van der Waals surface area contributed by atoms with Crippen LogP contribution in [-0.4, -0.2) is 44.7 Å². The number of nitrogens with one attached hydrogen (secondary N) is 1. The summed E-state index contributed by atoms with van der Waals surface area (Å²) in [6.07, 6.45) is 4.34. The molecule has 7 heteroatoms. The second-order valence-corrected chi connectivity index (χ2v) is 9.10. The van der Waals surface area contributed by atoms with Gasteiger partial charge in [0.1, 0.15) is 5.82 Å². The standard InChI is InChI=1S/C19H25N5OS/c1-12-5-6-26-16(12)11-23-8-13-7-17-21-22-18(24(17)10-14(13)9-23)19(25)20-15-3-2-4-15/h5-6,13-15H,2-4,7-11H2,1H3,(H,20,25). The summed E-state index contributed by atoms with van der Waals surface area (Å²) in [4.78, 5) is 16.6. The number of thiophene rings is 1. The van der Waals surface area contributed by atoms with Crippen molar-refractivity contribution in [3.05, 3.63) is 33.5 Å². The number of aromatic nitrogens is 3. The van der Waals surface area contributed by atoms with E-state index in [0.29, 0.717) is 23.7 Å². The first-order chi connectivity index (χ1) is 12.7. The van der Waals surface area contributed by atoms with Crippen LogP contribution in [0.2, 0.25) is 0 Å². The van der Waals surface area contributed by atoms with Gasteiger partial charge in [-0.1, -0.05) is 0 Å². The Hall–Kier alpha value is -1.73. The highest BCUT2D eigenvalue weighted by Crippen LogP contribution is 2.34. The van der Waals surface area contributed by atoms with E-state index in [9.17, 15) is 4.79 Å². The van der Waals surface area contributed by atoms with E-state index in [4.69, 9.17) is 0 Å². The van der Waals surface area contributed by atoms with Crippen molar-refractivity contribution >= 4 is 17.2 Å². The number of nitrogens with zero attached hydrogens (tertiary/aromatic N) is 4. The lowest BCUT2D eigenvalue weighted by molar-refractivity contribution is 0.0898. The van der Waals surface area contributed by atoms with Crippen molar-refractivity contribution in [3.63, 3.8) is 0 Å². The highest BCUT2D eigenvalue weighted by atomic mass is 32.1. The number of rotatable bonds is 4. The van der Waals surface area contributed by atoms with Gasteiger partial charge in [-0.25, -0.2) is 0 Å². The van der Waals surface area contributed by atoms with Crippen LogP contribution in [0.5, 0.6) is 0 Å². The first kappa shape index (κ1) is 16.4. The second kappa shape index (κ2) is 6.46. The Morgan fingerprint density at radius 1 is 1.27 bits per heavy atom. The Morgan fingerprint density at radius 2 is 2.12 bits per heavy atom. The molecule has 5 rings (SSSR count). The molecule has 1 saturated heterocycles. The summed E-state index contributed by atoms with van der Waals surface area (Å²) in [5.74, 6) is 2.68. The zero-order valence-electron chi connectivity index (χ0n) is 15.1. The van der Waals surface area contributed by atoms with E-state index in [2.05, 4.69) is 43.4 Å². The molecule has 2 aromatic heterocycles. The van der Waals surface area contributed by atoms with Crippen LogP contribution in [0, 0.1) is 18.8 Å². The summed E-state index contributed by atoms with van der Waals surface area (Å²) in [6, 6.07) is 2.54. The lowest BCUT2D eigenvalue weighted by atomic mass is 9.89. The van der Waals surface area contributed by atoms with Crippen LogP contribution in [-0.2, 0) is 19.5 Å².